The van der Waals surface area contributed by atoms with Crippen molar-refractivity contribution in [3.63, 3.8) is 0 Å². The molecule has 9 rings (SSSR count). The van der Waals surface area contributed by atoms with Crippen LogP contribution in [0.5, 0.6) is 0 Å². The Hall–Kier alpha value is -5.12. The number of aromatic nitrogens is 1. The van der Waals surface area contributed by atoms with Gasteiger partial charge in [0, 0.05) is 31.2 Å². The number of fused-ring (bicyclic) bond motifs is 7. The van der Waals surface area contributed by atoms with Crippen LogP contribution in [-0.2, 0) is 0 Å². The van der Waals surface area contributed by atoms with E-state index in [1.54, 1.807) is 0 Å². The Morgan fingerprint density at radius 2 is 1.30 bits per heavy atom. The standard InChI is InChI=1S/C41H28N2S/c1-41-23-21-27-15-19-36(42-39(27)40(41)43-35(22-24-41)26-9-3-2-4-10-26)32-18-17-29(30-11-5-6-12-31(30)32)28-16-20-38-34(25-28)33-13-7-8-14-37(33)44-38/h2-25,40H,1H3. The summed E-state index contributed by atoms with van der Waals surface area (Å²) >= 11 is 1.86. The lowest BCUT2D eigenvalue weighted by atomic mass is 9.73. The lowest BCUT2D eigenvalue weighted by molar-refractivity contribution is 0.421. The van der Waals surface area contributed by atoms with Crippen LogP contribution in [0.4, 0.5) is 0 Å². The highest BCUT2D eigenvalue weighted by atomic mass is 32.1. The second kappa shape index (κ2) is 9.70. The van der Waals surface area contributed by atoms with Gasteiger partial charge in [0.15, 0.2) is 0 Å². The first-order valence-corrected chi connectivity index (χ1v) is 15.9. The number of thiophene rings is 1. The van der Waals surface area contributed by atoms with E-state index in [0.29, 0.717) is 0 Å². The van der Waals surface area contributed by atoms with Crippen LogP contribution >= 0.6 is 11.3 Å². The molecular weight excluding hydrogens is 553 g/mol. The van der Waals surface area contributed by atoms with E-state index in [1.165, 1.54) is 42.1 Å². The van der Waals surface area contributed by atoms with Gasteiger partial charge in [-0.15, -0.1) is 11.3 Å². The second-order valence-corrected chi connectivity index (χ2v) is 13.1. The molecule has 0 amide bonds. The zero-order chi connectivity index (χ0) is 29.3. The Labute approximate surface area is 260 Å². The predicted molar refractivity (Wildman–Crippen MR) is 188 cm³/mol. The van der Waals surface area contributed by atoms with E-state index in [4.69, 9.17) is 9.98 Å². The average molecular weight is 581 g/mol. The van der Waals surface area contributed by atoms with Crippen molar-refractivity contribution in [3.8, 4) is 22.4 Å². The molecule has 7 aromatic rings. The first kappa shape index (κ1) is 25.4. The van der Waals surface area contributed by atoms with Gasteiger partial charge >= 0.3 is 0 Å². The fourth-order valence-corrected chi connectivity index (χ4v) is 7.97. The molecule has 1 aliphatic carbocycles. The summed E-state index contributed by atoms with van der Waals surface area (Å²) in [6.07, 6.45) is 8.94. The number of hydrogen-bond donors (Lipinski definition) is 0. The number of aliphatic imine (C=N–C) groups is 1. The molecule has 0 spiro atoms. The van der Waals surface area contributed by atoms with Gasteiger partial charge in [-0.25, -0.2) is 4.98 Å². The molecule has 0 fully saturated rings. The molecule has 2 nitrogen and oxygen atoms in total. The van der Waals surface area contributed by atoms with E-state index in [0.717, 1.165) is 33.8 Å². The summed E-state index contributed by atoms with van der Waals surface area (Å²) in [5.74, 6) is 0. The molecule has 2 atom stereocenters. The molecule has 1 aliphatic heterocycles. The molecular formula is C41H28N2S. The largest absolute Gasteiger partial charge is 0.274 e. The molecule has 0 saturated carbocycles. The first-order chi connectivity index (χ1) is 21.6. The number of nitrogens with zero attached hydrogens (tertiary/aromatic N) is 2. The molecule has 208 valence electrons. The number of allylic oxidation sites excluding steroid dienone is 1. The average Bonchev–Trinajstić information content (AvgIpc) is 3.46. The predicted octanol–water partition coefficient (Wildman–Crippen LogP) is 11.1. The second-order valence-electron chi connectivity index (χ2n) is 12.0. The third-order valence-electron chi connectivity index (χ3n) is 9.25. The summed E-state index contributed by atoms with van der Waals surface area (Å²) in [7, 11) is 0. The normalized spacial score (nSPS) is 18.8. The summed E-state index contributed by atoms with van der Waals surface area (Å²) in [6, 6.07) is 43.6. The molecule has 2 aromatic heterocycles. The molecule has 0 bridgehead atoms. The first-order valence-electron chi connectivity index (χ1n) is 15.1. The monoisotopic (exact) mass is 580 g/mol. The molecule has 44 heavy (non-hydrogen) atoms. The molecule has 3 heterocycles. The van der Waals surface area contributed by atoms with E-state index in [1.807, 2.05) is 17.4 Å². The number of dihydropyridines is 1. The van der Waals surface area contributed by atoms with E-state index in [-0.39, 0.29) is 11.5 Å². The van der Waals surface area contributed by atoms with Crippen LogP contribution in [-0.4, -0.2) is 10.7 Å². The van der Waals surface area contributed by atoms with E-state index in [9.17, 15) is 0 Å². The fourth-order valence-electron chi connectivity index (χ4n) is 6.89. The van der Waals surface area contributed by atoms with E-state index < -0.39 is 0 Å². The Kier molecular flexibility index (Phi) is 5.60. The fraction of sp³-hybridized carbons (Fsp3) is 0.0732. The van der Waals surface area contributed by atoms with Crippen molar-refractivity contribution in [1.82, 2.24) is 4.98 Å². The minimum absolute atomic E-state index is 0.0830. The highest BCUT2D eigenvalue weighted by molar-refractivity contribution is 7.25. The summed E-state index contributed by atoms with van der Waals surface area (Å²) < 4.78 is 2.66. The summed E-state index contributed by atoms with van der Waals surface area (Å²) in [6.45, 7) is 2.25. The van der Waals surface area contributed by atoms with Gasteiger partial charge in [-0.3, -0.25) is 4.99 Å². The molecule has 0 N–H and O–H groups in total. The minimum atomic E-state index is -0.215. The zero-order valence-corrected chi connectivity index (χ0v) is 25.1. The van der Waals surface area contributed by atoms with Crippen LogP contribution < -0.4 is 0 Å². The maximum Gasteiger partial charge on any atom is 0.106 e. The van der Waals surface area contributed by atoms with Gasteiger partial charge in [0.05, 0.1) is 17.1 Å². The van der Waals surface area contributed by atoms with Crippen molar-refractivity contribution >= 4 is 54.1 Å². The van der Waals surface area contributed by atoms with Gasteiger partial charge in [-0.2, -0.15) is 0 Å². The van der Waals surface area contributed by atoms with Crippen molar-refractivity contribution < 1.29 is 0 Å². The molecule has 5 aromatic carbocycles. The Morgan fingerprint density at radius 3 is 2.16 bits per heavy atom. The maximum atomic E-state index is 5.37. The zero-order valence-electron chi connectivity index (χ0n) is 24.2. The molecule has 2 unspecified atom stereocenters. The van der Waals surface area contributed by atoms with Crippen molar-refractivity contribution in [3.05, 3.63) is 156 Å². The Morgan fingerprint density at radius 1 is 0.591 bits per heavy atom. The van der Waals surface area contributed by atoms with Gasteiger partial charge in [-0.1, -0.05) is 122 Å². The Balaban J connectivity index is 1.17. The summed E-state index contributed by atoms with van der Waals surface area (Å²) in [5, 5.41) is 5.09. The van der Waals surface area contributed by atoms with Crippen molar-refractivity contribution in [2.75, 3.05) is 0 Å². The highest BCUT2D eigenvalue weighted by Gasteiger charge is 2.38. The van der Waals surface area contributed by atoms with Gasteiger partial charge < -0.3 is 0 Å². The van der Waals surface area contributed by atoms with Crippen LogP contribution in [0.1, 0.15) is 29.8 Å². The van der Waals surface area contributed by atoms with E-state index in [2.05, 4.69) is 146 Å². The van der Waals surface area contributed by atoms with Crippen LogP contribution in [0.2, 0.25) is 0 Å². The minimum Gasteiger partial charge on any atom is -0.274 e. The number of hydrogen-bond acceptors (Lipinski definition) is 3. The SMILES string of the molecule is CC12C=CC(c3ccccc3)=NC1c1nc(-c3ccc(-c4ccc5sc6ccccc6c5c4)c4ccccc34)ccc1C=C2. The molecule has 3 heteroatoms. The van der Waals surface area contributed by atoms with Crippen LogP contribution in [0.15, 0.2) is 145 Å². The third-order valence-corrected chi connectivity index (χ3v) is 10.4. The highest BCUT2D eigenvalue weighted by Crippen LogP contribution is 2.47. The van der Waals surface area contributed by atoms with Crippen molar-refractivity contribution in [2.24, 2.45) is 10.4 Å². The number of rotatable bonds is 3. The number of pyridine rings is 1. The van der Waals surface area contributed by atoms with Crippen molar-refractivity contribution in [2.45, 2.75) is 13.0 Å². The molecule has 0 radical (unpaired) electrons. The quantitative estimate of drug-likeness (QED) is 0.204. The molecule has 2 aliphatic rings. The van der Waals surface area contributed by atoms with Crippen LogP contribution in [0.25, 0.3) is 59.4 Å². The van der Waals surface area contributed by atoms with Gasteiger partial charge in [-0.05, 0) is 63.4 Å². The lowest BCUT2D eigenvalue weighted by Gasteiger charge is -2.36. The van der Waals surface area contributed by atoms with Gasteiger partial charge in [0.25, 0.3) is 0 Å². The summed E-state index contributed by atoms with van der Waals surface area (Å²) in [4.78, 5) is 10.7. The Bertz CT molecular complexity index is 2360. The van der Waals surface area contributed by atoms with Gasteiger partial charge in [0.2, 0.25) is 0 Å². The maximum absolute atomic E-state index is 5.37. The lowest BCUT2D eigenvalue weighted by Crippen LogP contribution is -2.28. The van der Waals surface area contributed by atoms with Crippen LogP contribution in [0, 0.1) is 5.41 Å². The molecule has 0 saturated heterocycles. The van der Waals surface area contributed by atoms with Crippen LogP contribution in [0.3, 0.4) is 0 Å². The summed E-state index contributed by atoms with van der Waals surface area (Å²) in [5.41, 5.74) is 8.70. The topological polar surface area (TPSA) is 25.2 Å². The van der Waals surface area contributed by atoms with Crippen molar-refractivity contribution in [1.29, 1.82) is 0 Å². The van der Waals surface area contributed by atoms with E-state index >= 15 is 0 Å². The number of benzene rings is 5. The third kappa shape index (κ3) is 3.93. The van der Waals surface area contributed by atoms with Gasteiger partial charge in [0.1, 0.15) is 6.04 Å². The smallest absolute Gasteiger partial charge is 0.106 e.